The van der Waals surface area contributed by atoms with Gasteiger partial charge in [-0.1, -0.05) is 39.3 Å². The van der Waals surface area contributed by atoms with Crippen LogP contribution in [0.5, 0.6) is 0 Å². The van der Waals surface area contributed by atoms with Crippen LogP contribution in [0.2, 0.25) is 0 Å². The van der Waals surface area contributed by atoms with Crippen molar-refractivity contribution in [1.29, 1.82) is 0 Å². The normalized spacial score (nSPS) is 58.9. The lowest BCUT2D eigenvalue weighted by atomic mass is 9.46. The molecular formula is C45H72O17. The molecule has 4 aliphatic carbocycles. The van der Waals surface area contributed by atoms with E-state index >= 15 is 0 Å². The molecule has 5 saturated heterocycles. The van der Waals surface area contributed by atoms with Crippen molar-refractivity contribution in [2.24, 2.45) is 40.4 Å². The van der Waals surface area contributed by atoms with Crippen LogP contribution < -0.4 is 0 Å². The van der Waals surface area contributed by atoms with Gasteiger partial charge in [-0.3, -0.25) is 0 Å². The average Bonchev–Trinajstić information content (AvgIpc) is 3.60. The maximum atomic E-state index is 12.8. The largest absolute Gasteiger partial charge is 0.394 e. The highest BCUT2D eigenvalue weighted by Gasteiger charge is 2.76. The van der Waals surface area contributed by atoms with Gasteiger partial charge in [-0.05, 0) is 94.3 Å². The Morgan fingerprint density at radius 1 is 0.694 bits per heavy atom. The summed E-state index contributed by atoms with van der Waals surface area (Å²) in [5, 5.41) is 98.7. The second-order valence-electron chi connectivity index (χ2n) is 21.2. The van der Waals surface area contributed by atoms with Crippen molar-refractivity contribution in [3.8, 4) is 0 Å². The number of allylic oxidation sites excluding steroid dienone is 1. The number of hydrogen-bond donors (Lipinski definition) is 9. The van der Waals surface area contributed by atoms with Gasteiger partial charge in [-0.2, -0.15) is 0 Å². The van der Waals surface area contributed by atoms with Crippen LogP contribution >= 0.6 is 0 Å². The van der Waals surface area contributed by atoms with Crippen molar-refractivity contribution in [2.45, 2.75) is 215 Å². The summed E-state index contributed by atoms with van der Waals surface area (Å²) < 4.78 is 49.8. The molecule has 0 unspecified atom stereocenters. The lowest BCUT2D eigenvalue weighted by Gasteiger charge is -2.60. The Kier molecular flexibility index (Phi) is 12.4. The van der Waals surface area contributed by atoms with Crippen molar-refractivity contribution < 1.29 is 83.9 Å². The van der Waals surface area contributed by atoms with E-state index in [-0.39, 0.29) is 22.9 Å². The van der Waals surface area contributed by atoms with Gasteiger partial charge in [-0.25, -0.2) is 0 Å². The molecule has 17 nitrogen and oxygen atoms in total. The standard InChI is InChI=1S/C45H72O17/c1-19-9-14-44(55-18-19)22(4)45(54)29(62-44)16-27-25-8-7-23-15-24(10-12-42(23,5)26(25)11-13-43(27,45)6)58-41-38(61-40-35(52)33(50)31(48)21(3)57-40)36(53)37(28(17-46)59-41)60-39-34(51)32(49)30(47)20(2)56-39/h7,19-22,24-41,46-54H,8-18H2,1-6H3/t19-,20+,21+,22+,24+,25+,26-,27-,28+,29-,30+,31+,32-,33-,34+,35+,36-,37+,38+,39-,40-,41+,42+,43-,44+,45+/m1/s1. The van der Waals surface area contributed by atoms with E-state index in [9.17, 15) is 46.0 Å². The Hall–Kier alpha value is -0.940. The summed E-state index contributed by atoms with van der Waals surface area (Å²) in [4.78, 5) is 0. The van der Waals surface area contributed by atoms with E-state index < -0.39 is 116 Å². The fourth-order valence-corrected chi connectivity index (χ4v) is 13.9. The number of fused-ring (bicyclic) bond motifs is 7. The van der Waals surface area contributed by atoms with Crippen LogP contribution in [0.3, 0.4) is 0 Å². The third-order valence-electron chi connectivity index (χ3n) is 17.9. The molecule has 0 aromatic heterocycles. The van der Waals surface area contributed by atoms with Crippen LogP contribution in [0.15, 0.2) is 11.6 Å². The highest BCUT2D eigenvalue weighted by Crippen LogP contribution is 2.72. The fourth-order valence-electron chi connectivity index (χ4n) is 13.9. The van der Waals surface area contributed by atoms with Crippen LogP contribution in [0.25, 0.3) is 0 Å². The first-order valence-corrected chi connectivity index (χ1v) is 23.3. The Bertz CT molecular complexity index is 1640. The summed E-state index contributed by atoms with van der Waals surface area (Å²) >= 11 is 0. The van der Waals surface area contributed by atoms with Crippen molar-refractivity contribution in [3.63, 3.8) is 0 Å². The Labute approximate surface area is 363 Å². The zero-order chi connectivity index (χ0) is 44.4. The van der Waals surface area contributed by atoms with Crippen molar-refractivity contribution in [2.75, 3.05) is 13.2 Å². The summed E-state index contributed by atoms with van der Waals surface area (Å²) in [7, 11) is 0. The lowest BCUT2D eigenvalue weighted by molar-refractivity contribution is -0.388. The molecule has 1 spiro atoms. The maximum absolute atomic E-state index is 12.8. The van der Waals surface area contributed by atoms with Gasteiger partial charge in [-0.15, -0.1) is 0 Å². The highest BCUT2D eigenvalue weighted by atomic mass is 16.8. The highest BCUT2D eigenvalue weighted by molar-refractivity contribution is 5.29. The first-order valence-electron chi connectivity index (χ1n) is 23.3. The second kappa shape index (κ2) is 16.7. The predicted molar refractivity (Wildman–Crippen MR) is 214 cm³/mol. The maximum Gasteiger partial charge on any atom is 0.187 e. The van der Waals surface area contributed by atoms with Gasteiger partial charge in [0, 0.05) is 17.8 Å². The van der Waals surface area contributed by atoms with E-state index in [0.29, 0.717) is 43.1 Å². The first kappa shape index (κ1) is 46.2. The van der Waals surface area contributed by atoms with Gasteiger partial charge in [0.05, 0.1) is 37.6 Å². The molecule has 0 bridgehead atoms. The van der Waals surface area contributed by atoms with Crippen LogP contribution in [-0.2, 0) is 37.9 Å². The molecule has 9 rings (SSSR count). The van der Waals surface area contributed by atoms with Crippen molar-refractivity contribution in [3.05, 3.63) is 11.6 Å². The zero-order valence-corrected chi connectivity index (χ0v) is 36.8. The molecule has 62 heavy (non-hydrogen) atoms. The molecule has 8 fully saturated rings. The van der Waals surface area contributed by atoms with Gasteiger partial charge in [0.1, 0.15) is 66.6 Å². The topological polar surface area (TPSA) is 256 Å². The molecule has 3 saturated carbocycles. The Morgan fingerprint density at radius 3 is 1.95 bits per heavy atom. The SMILES string of the molecule is C[C@@H]1CC[C@]2(OC1)O[C@@H]1C[C@@H]3[C@H]4CC=C5C[C@@H](O[C@H]6O[C@@H](CO)[C@H](O[C@H]7O[C@@H](C)[C@H](O)[C@@H](O)[C@@H]7O)[C@@H](O)[C@@H]6O[C@H]6O[C@@H](C)[C@H](O)[C@@H](O)[C@@H]6O)CC[C@]5(C)[C@@H]4CC[C@@]3(C)[C@]1(O)[C@H]2C. The Morgan fingerprint density at radius 2 is 1.34 bits per heavy atom. The number of ether oxygens (including phenoxy) is 8. The molecule has 0 aromatic carbocycles. The van der Waals surface area contributed by atoms with Gasteiger partial charge in [0.2, 0.25) is 0 Å². The van der Waals surface area contributed by atoms with E-state index in [0.717, 1.165) is 44.9 Å². The van der Waals surface area contributed by atoms with Crippen LogP contribution in [0, 0.1) is 40.4 Å². The van der Waals surface area contributed by atoms with E-state index in [2.05, 4.69) is 33.8 Å². The molecule has 5 aliphatic heterocycles. The van der Waals surface area contributed by atoms with Gasteiger partial charge < -0.3 is 83.9 Å². The molecule has 17 heteroatoms. The molecule has 354 valence electrons. The number of aliphatic hydroxyl groups excluding tert-OH is 8. The molecule has 0 aromatic rings. The molecule has 26 atom stereocenters. The minimum Gasteiger partial charge on any atom is -0.394 e. The van der Waals surface area contributed by atoms with Crippen molar-refractivity contribution >= 4 is 0 Å². The minimum atomic E-state index is -1.72. The quantitative estimate of drug-likeness (QED) is 0.157. The second-order valence-corrected chi connectivity index (χ2v) is 21.2. The van der Waals surface area contributed by atoms with E-state index in [1.807, 2.05) is 0 Å². The van der Waals surface area contributed by atoms with Crippen LogP contribution in [0.4, 0.5) is 0 Å². The fraction of sp³-hybridized carbons (Fsp3) is 0.956. The third kappa shape index (κ3) is 7.05. The van der Waals surface area contributed by atoms with Gasteiger partial charge >= 0.3 is 0 Å². The lowest BCUT2D eigenvalue weighted by Crippen LogP contribution is -2.66. The molecule has 9 N–H and O–H groups in total. The summed E-state index contributed by atoms with van der Waals surface area (Å²) in [5.41, 5.74) is -0.108. The molecule has 0 radical (unpaired) electrons. The zero-order valence-electron chi connectivity index (χ0n) is 36.8. The number of rotatable bonds is 7. The summed E-state index contributed by atoms with van der Waals surface area (Å²) in [5.74, 6) is 0.684. The van der Waals surface area contributed by atoms with Crippen molar-refractivity contribution in [1.82, 2.24) is 0 Å². The Balaban J connectivity index is 0.924. The summed E-state index contributed by atoms with van der Waals surface area (Å²) in [6.07, 6.45) is -12.6. The first-order chi connectivity index (χ1) is 29.3. The minimum absolute atomic E-state index is 0.112. The van der Waals surface area contributed by atoms with E-state index in [4.69, 9.17) is 37.9 Å². The van der Waals surface area contributed by atoms with Gasteiger partial charge in [0.25, 0.3) is 0 Å². The number of hydrogen-bond acceptors (Lipinski definition) is 17. The molecular weight excluding hydrogens is 812 g/mol. The average molecular weight is 885 g/mol. The predicted octanol–water partition coefficient (Wildman–Crippen LogP) is 0.357. The van der Waals surface area contributed by atoms with Crippen LogP contribution in [0.1, 0.15) is 99.3 Å². The third-order valence-corrected chi connectivity index (χ3v) is 17.9. The molecule has 9 aliphatic rings. The number of aliphatic hydroxyl groups is 9. The molecule has 5 heterocycles. The van der Waals surface area contributed by atoms with Crippen LogP contribution in [-0.4, -0.2) is 175 Å². The van der Waals surface area contributed by atoms with E-state index in [1.165, 1.54) is 19.4 Å². The summed E-state index contributed by atoms with van der Waals surface area (Å²) in [6, 6.07) is 0. The summed E-state index contributed by atoms with van der Waals surface area (Å²) in [6.45, 7) is 12.0. The van der Waals surface area contributed by atoms with E-state index in [1.54, 1.807) is 0 Å². The monoisotopic (exact) mass is 884 g/mol. The van der Waals surface area contributed by atoms with Gasteiger partial charge in [0.15, 0.2) is 24.7 Å². The smallest absolute Gasteiger partial charge is 0.187 e. The molecule has 0 amide bonds.